The van der Waals surface area contributed by atoms with Gasteiger partial charge < -0.3 is 14.5 Å². The number of likely N-dealkylation sites (tertiary alicyclic amines) is 1. The number of fused-ring (bicyclic) bond motifs is 2. The molecule has 5 heteroatoms. The summed E-state index contributed by atoms with van der Waals surface area (Å²) in [6, 6.07) is 8.16. The summed E-state index contributed by atoms with van der Waals surface area (Å²) < 4.78 is 6.49. The van der Waals surface area contributed by atoms with Gasteiger partial charge in [0.25, 0.3) is 5.91 Å². The van der Waals surface area contributed by atoms with Crippen molar-refractivity contribution in [3.05, 3.63) is 41.1 Å². The molecule has 0 aliphatic carbocycles. The summed E-state index contributed by atoms with van der Waals surface area (Å²) in [5, 5.41) is 1.04. The van der Waals surface area contributed by atoms with Gasteiger partial charge in [0.15, 0.2) is 0 Å². The Balaban J connectivity index is 1.44. The zero-order chi connectivity index (χ0) is 19.6. The van der Waals surface area contributed by atoms with Crippen LogP contribution in [0.2, 0.25) is 0 Å². The van der Waals surface area contributed by atoms with Gasteiger partial charge in [0, 0.05) is 30.3 Å². The lowest BCUT2D eigenvalue weighted by Crippen LogP contribution is -2.40. The normalized spacial score (nSPS) is 31.2. The Labute approximate surface area is 166 Å². The molecular weight excluding hydrogens is 350 g/mol. The molecule has 3 fully saturated rings. The number of rotatable bonds is 3. The van der Waals surface area contributed by atoms with E-state index in [0.717, 1.165) is 60.2 Å². The number of hydrogen-bond donors (Lipinski definition) is 0. The summed E-state index contributed by atoms with van der Waals surface area (Å²) in [4.78, 5) is 22.5. The van der Waals surface area contributed by atoms with Crippen LogP contribution < -0.4 is 0 Å². The number of aromatic nitrogens is 1. The molecule has 1 aromatic heterocycles. The van der Waals surface area contributed by atoms with Crippen LogP contribution in [0.15, 0.2) is 24.3 Å². The highest BCUT2D eigenvalue weighted by Crippen LogP contribution is 2.55. The fourth-order valence-electron chi connectivity index (χ4n) is 5.84. The first-order chi connectivity index (χ1) is 13.4. The number of aryl methyl sites for hydroxylation is 2. The second-order valence-electron chi connectivity index (χ2n) is 9.25. The van der Waals surface area contributed by atoms with Crippen molar-refractivity contribution < 1.29 is 9.53 Å². The van der Waals surface area contributed by atoms with E-state index in [4.69, 9.17) is 9.72 Å². The molecule has 148 valence electrons. The topological polar surface area (TPSA) is 45.7 Å². The van der Waals surface area contributed by atoms with Gasteiger partial charge in [0.2, 0.25) is 0 Å². The Hall–Kier alpha value is -1.98. The van der Waals surface area contributed by atoms with Crippen molar-refractivity contribution in [2.24, 2.45) is 11.8 Å². The van der Waals surface area contributed by atoms with Crippen molar-refractivity contribution in [3.8, 4) is 0 Å². The Bertz CT molecular complexity index is 956. The van der Waals surface area contributed by atoms with E-state index in [-0.39, 0.29) is 11.5 Å². The molecule has 0 N–H and O–H groups in total. The van der Waals surface area contributed by atoms with E-state index >= 15 is 0 Å². The van der Waals surface area contributed by atoms with Gasteiger partial charge >= 0.3 is 0 Å². The Morgan fingerprint density at radius 3 is 2.96 bits per heavy atom. The average molecular weight is 380 g/mol. The fourth-order valence-corrected chi connectivity index (χ4v) is 5.84. The number of pyridine rings is 1. The maximum atomic E-state index is 13.4. The molecular formula is C23H29N3O2. The third-order valence-electron chi connectivity index (χ3n) is 7.12. The lowest BCUT2D eigenvalue weighted by Gasteiger charge is -2.30. The number of carbonyl (C=O) groups is 1. The molecule has 2 aromatic rings. The smallest absolute Gasteiger partial charge is 0.255 e. The molecule has 3 saturated heterocycles. The molecule has 5 rings (SSSR count). The van der Waals surface area contributed by atoms with Crippen LogP contribution in [0.1, 0.15) is 34.5 Å². The third-order valence-corrected chi connectivity index (χ3v) is 7.12. The second kappa shape index (κ2) is 6.26. The highest BCUT2D eigenvalue weighted by atomic mass is 16.5. The summed E-state index contributed by atoms with van der Waals surface area (Å²) in [6.45, 7) is 6.58. The molecule has 0 radical (unpaired) electrons. The molecule has 3 aliphatic heterocycles. The number of ether oxygens (including phenoxy) is 1. The first kappa shape index (κ1) is 18.1. The third kappa shape index (κ3) is 2.60. The minimum absolute atomic E-state index is 0.104. The molecule has 5 nitrogen and oxygen atoms in total. The van der Waals surface area contributed by atoms with Crippen LogP contribution in [-0.4, -0.2) is 66.1 Å². The predicted molar refractivity (Wildman–Crippen MR) is 109 cm³/mol. The van der Waals surface area contributed by atoms with Gasteiger partial charge in [-0.05, 0) is 52.4 Å². The monoisotopic (exact) mass is 379 g/mol. The molecule has 1 aromatic carbocycles. The average Bonchev–Trinajstić information content (AvgIpc) is 3.31. The molecule has 0 unspecified atom stereocenters. The molecule has 1 amide bonds. The lowest BCUT2D eigenvalue weighted by molar-refractivity contribution is 0.00255. The van der Waals surface area contributed by atoms with Gasteiger partial charge in [-0.3, -0.25) is 9.78 Å². The maximum absolute atomic E-state index is 13.4. The number of nitrogens with zero attached hydrogens (tertiary/aromatic N) is 3. The van der Waals surface area contributed by atoms with Crippen LogP contribution in [-0.2, 0) is 4.74 Å². The summed E-state index contributed by atoms with van der Waals surface area (Å²) in [7, 11) is 4.26. The van der Waals surface area contributed by atoms with Gasteiger partial charge in [-0.25, -0.2) is 0 Å². The van der Waals surface area contributed by atoms with Gasteiger partial charge in [0.1, 0.15) is 0 Å². The van der Waals surface area contributed by atoms with Gasteiger partial charge in [-0.15, -0.1) is 0 Å². The van der Waals surface area contributed by atoms with Crippen LogP contribution >= 0.6 is 0 Å². The van der Waals surface area contributed by atoms with Crippen molar-refractivity contribution in [1.29, 1.82) is 0 Å². The molecule has 4 heterocycles. The highest BCUT2D eigenvalue weighted by Gasteiger charge is 2.63. The minimum atomic E-state index is -0.115. The van der Waals surface area contributed by atoms with Crippen molar-refractivity contribution >= 4 is 16.8 Å². The fraction of sp³-hybridized carbons (Fsp3) is 0.565. The summed E-state index contributed by atoms with van der Waals surface area (Å²) in [5.41, 5.74) is 3.56. The summed E-state index contributed by atoms with van der Waals surface area (Å²) in [5.74, 6) is 1.08. The van der Waals surface area contributed by atoms with Crippen molar-refractivity contribution in [2.45, 2.75) is 38.4 Å². The van der Waals surface area contributed by atoms with Crippen LogP contribution in [0.4, 0.5) is 0 Å². The summed E-state index contributed by atoms with van der Waals surface area (Å²) in [6.07, 6.45) is 2.59. The second-order valence-corrected chi connectivity index (χ2v) is 9.25. The number of para-hydroxylation sites is 1. The Morgan fingerprint density at radius 2 is 2.18 bits per heavy atom. The molecule has 2 bridgehead atoms. The van der Waals surface area contributed by atoms with Crippen molar-refractivity contribution in [1.82, 2.24) is 14.8 Å². The van der Waals surface area contributed by atoms with E-state index < -0.39 is 0 Å². The van der Waals surface area contributed by atoms with Gasteiger partial charge in [-0.2, -0.15) is 0 Å². The minimum Gasteiger partial charge on any atom is -0.369 e. The Kier molecular flexibility index (Phi) is 4.04. The molecule has 0 saturated carbocycles. The molecule has 3 aliphatic rings. The quantitative estimate of drug-likeness (QED) is 0.822. The van der Waals surface area contributed by atoms with Crippen LogP contribution in [0.3, 0.4) is 0 Å². The number of amides is 1. The zero-order valence-corrected chi connectivity index (χ0v) is 17.2. The number of hydrogen-bond acceptors (Lipinski definition) is 4. The van der Waals surface area contributed by atoms with Crippen molar-refractivity contribution in [3.63, 3.8) is 0 Å². The van der Waals surface area contributed by atoms with Crippen LogP contribution in [0, 0.1) is 25.7 Å². The molecule has 1 spiro atoms. The van der Waals surface area contributed by atoms with E-state index in [9.17, 15) is 4.79 Å². The van der Waals surface area contributed by atoms with E-state index in [1.165, 1.54) is 0 Å². The van der Waals surface area contributed by atoms with Crippen molar-refractivity contribution in [2.75, 3.05) is 33.7 Å². The largest absolute Gasteiger partial charge is 0.369 e. The van der Waals surface area contributed by atoms with E-state index in [2.05, 4.69) is 32.0 Å². The van der Waals surface area contributed by atoms with Gasteiger partial charge in [-0.1, -0.05) is 18.2 Å². The SMILES string of the molecule is Cc1nc2c(C)cccc2cc1C(=O)N1C[C@@H]2[C@H](CN(C)C)[C@H]3CC[C@]2(C1)O3. The molecule has 4 atom stereocenters. The standard InChI is InChI=1S/C23H29N3O2/c1-14-6-5-7-16-10-17(15(2)24-21(14)16)22(27)26-12-19-18(11-25(3)4)20-8-9-23(19,13-26)28-20/h5-7,10,18-20H,8-9,11-13H2,1-4H3/t18-,19+,20+,23+/m0/s1. The van der Waals surface area contributed by atoms with E-state index in [1.54, 1.807) is 0 Å². The summed E-state index contributed by atoms with van der Waals surface area (Å²) >= 11 is 0. The first-order valence-corrected chi connectivity index (χ1v) is 10.4. The van der Waals surface area contributed by atoms with E-state index in [1.807, 2.05) is 30.0 Å². The lowest BCUT2D eigenvalue weighted by atomic mass is 9.73. The number of carbonyl (C=O) groups excluding carboxylic acids is 1. The van der Waals surface area contributed by atoms with Crippen LogP contribution in [0.5, 0.6) is 0 Å². The predicted octanol–water partition coefficient (Wildman–Crippen LogP) is 3.03. The number of benzene rings is 1. The van der Waals surface area contributed by atoms with Crippen LogP contribution in [0.25, 0.3) is 10.9 Å². The maximum Gasteiger partial charge on any atom is 0.255 e. The zero-order valence-electron chi connectivity index (χ0n) is 17.2. The molecule has 28 heavy (non-hydrogen) atoms. The highest BCUT2D eigenvalue weighted by molar-refractivity contribution is 5.99. The van der Waals surface area contributed by atoms with E-state index in [0.29, 0.717) is 17.9 Å². The Morgan fingerprint density at radius 1 is 1.36 bits per heavy atom. The van der Waals surface area contributed by atoms with Gasteiger partial charge in [0.05, 0.1) is 35.0 Å². The first-order valence-electron chi connectivity index (χ1n) is 10.4.